The number of hydrogen-bond donors (Lipinski definition) is 0. The average Bonchev–Trinajstić information content (AvgIpc) is 2.82. The molecule has 32 heavy (non-hydrogen) atoms. The maximum absolute atomic E-state index is 13.6. The van der Waals surface area contributed by atoms with Crippen LogP contribution < -0.4 is 9.64 Å². The second kappa shape index (κ2) is 10.2. The topological polar surface area (TPSA) is 32.8 Å². The highest BCUT2D eigenvalue weighted by molar-refractivity contribution is 6.31. The van der Waals surface area contributed by atoms with Gasteiger partial charge < -0.3 is 9.64 Å². The minimum Gasteiger partial charge on any atom is -0.497 e. The molecule has 1 amide bonds. The standard InChI is InChI=1S/C26H26ClFN2O2/c1-32-25-7-3-6-24(17-25)30(26(31)20-4-2-5-21(27)16-20)23-12-14-29(15-13-23)18-19-8-10-22(28)11-9-19/h2-11,16-17,23H,12-15,18H2,1H3. The molecule has 0 saturated carbocycles. The highest BCUT2D eigenvalue weighted by Gasteiger charge is 2.30. The summed E-state index contributed by atoms with van der Waals surface area (Å²) in [5.41, 5.74) is 2.46. The first-order valence-electron chi connectivity index (χ1n) is 10.7. The van der Waals surface area contributed by atoms with E-state index >= 15 is 0 Å². The third kappa shape index (κ3) is 5.29. The molecule has 0 aliphatic carbocycles. The van der Waals surface area contributed by atoms with Crippen LogP contribution in [0.1, 0.15) is 28.8 Å². The zero-order valence-corrected chi connectivity index (χ0v) is 18.8. The molecule has 4 rings (SSSR count). The first-order valence-corrected chi connectivity index (χ1v) is 11.1. The van der Waals surface area contributed by atoms with Gasteiger partial charge in [-0.05, 0) is 60.9 Å². The maximum atomic E-state index is 13.6. The lowest BCUT2D eigenvalue weighted by Gasteiger charge is -2.38. The minimum absolute atomic E-state index is 0.0538. The summed E-state index contributed by atoms with van der Waals surface area (Å²) < 4.78 is 18.6. The Hall–Kier alpha value is -2.89. The van der Waals surface area contributed by atoms with E-state index in [4.69, 9.17) is 16.3 Å². The van der Waals surface area contributed by atoms with Crippen LogP contribution >= 0.6 is 11.6 Å². The third-order valence-corrected chi connectivity index (χ3v) is 6.10. The zero-order valence-electron chi connectivity index (χ0n) is 18.0. The van der Waals surface area contributed by atoms with E-state index in [2.05, 4.69) is 4.90 Å². The summed E-state index contributed by atoms with van der Waals surface area (Å²) in [5.74, 6) is 0.416. The molecule has 166 valence electrons. The Balaban J connectivity index is 1.54. The highest BCUT2D eigenvalue weighted by Crippen LogP contribution is 2.29. The molecule has 3 aromatic carbocycles. The summed E-state index contributed by atoms with van der Waals surface area (Å²) >= 11 is 6.16. The van der Waals surface area contributed by atoms with E-state index in [9.17, 15) is 9.18 Å². The van der Waals surface area contributed by atoms with Crippen LogP contribution in [-0.2, 0) is 6.54 Å². The summed E-state index contributed by atoms with van der Waals surface area (Å²) in [5, 5.41) is 0.538. The monoisotopic (exact) mass is 452 g/mol. The normalized spacial score (nSPS) is 14.8. The molecule has 4 nitrogen and oxygen atoms in total. The molecular formula is C26H26ClFN2O2. The lowest BCUT2D eigenvalue weighted by molar-refractivity contribution is 0.0958. The number of ether oxygens (including phenoxy) is 1. The van der Waals surface area contributed by atoms with E-state index in [0.717, 1.165) is 43.7 Å². The van der Waals surface area contributed by atoms with Crippen LogP contribution in [0, 0.1) is 5.82 Å². The van der Waals surface area contributed by atoms with Crippen LogP contribution in [-0.4, -0.2) is 37.0 Å². The summed E-state index contributed by atoms with van der Waals surface area (Å²) in [4.78, 5) is 17.8. The van der Waals surface area contributed by atoms with Gasteiger partial charge in [0.05, 0.1) is 7.11 Å². The van der Waals surface area contributed by atoms with Gasteiger partial charge in [0.1, 0.15) is 11.6 Å². The minimum atomic E-state index is -0.221. The number of benzene rings is 3. The zero-order chi connectivity index (χ0) is 22.5. The van der Waals surface area contributed by atoms with Gasteiger partial charge in [0, 0.05) is 48.0 Å². The number of carbonyl (C=O) groups is 1. The van der Waals surface area contributed by atoms with Gasteiger partial charge in [0.15, 0.2) is 0 Å². The van der Waals surface area contributed by atoms with Gasteiger partial charge in [0.2, 0.25) is 0 Å². The van der Waals surface area contributed by atoms with Gasteiger partial charge in [0.25, 0.3) is 5.91 Å². The molecule has 0 radical (unpaired) electrons. The van der Waals surface area contributed by atoms with Crippen LogP contribution in [0.4, 0.5) is 10.1 Å². The molecule has 0 aromatic heterocycles. The van der Waals surface area contributed by atoms with Crippen molar-refractivity contribution in [3.8, 4) is 5.75 Å². The van der Waals surface area contributed by atoms with Crippen LogP contribution in [0.15, 0.2) is 72.8 Å². The van der Waals surface area contributed by atoms with Gasteiger partial charge >= 0.3 is 0 Å². The molecule has 6 heteroatoms. The molecule has 1 saturated heterocycles. The van der Waals surface area contributed by atoms with Crippen molar-refractivity contribution in [1.29, 1.82) is 0 Å². The molecule has 0 atom stereocenters. The van der Waals surface area contributed by atoms with Gasteiger partial charge in [-0.3, -0.25) is 9.69 Å². The van der Waals surface area contributed by atoms with E-state index in [1.54, 1.807) is 31.4 Å². The number of anilines is 1. The number of methoxy groups -OCH3 is 1. The molecule has 1 heterocycles. The van der Waals surface area contributed by atoms with Crippen molar-refractivity contribution in [3.05, 3.63) is 94.8 Å². The Bertz CT molecular complexity index is 1070. The van der Waals surface area contributed by atoms with Crippen LogP contribution in [0.3, 0.4) is 0 Å². The van der Waals surface area contributed by atoms with Gasteiger partial charge in [-0.1, -0.05) is 35.9 Å². The van der Waals surface area contributed by atoms with Gasteiger partial charge in [-0.25, -0.2) is 4.39 Å². The molecule has 0 spiro atoms. The SMILES string of the molecule is COc1cccc(N(C(=O)c2cccc(Cl)c2)C2CCN(Cc3ccc(F)cc3)CC2)c1. The Morgan fingerprint density at radius 2 is 1.78 bits per heavy atom. The number of hydrogen-bond acceptors (Lipinski definition) is 3. The number of halogens is 2. The van der Waals surface area contributed by atoms with Crippen molar-refractivity contribution in [3.63, 3.8) is 0 Å². The smallest absolute Gasteiger partial charge is 0.258 e. The van der Waals surface area contributed by atoms with Crippen molar-refractivity contribution in [2.45, 2.75) is 25.4 Å². The maximum Gasteiger partial charge on any atom is 0.258 e. The Kier molecular flexibility index (Phi) is 7.08. The second-order valence-electron chi connectivity index (χ2n) is 8.02. The fourth-order valence-corrected chi connectivity index (χ4v) is 4.39. The molecule has 0 unspecified atom stereocenters. The van der Waals surface area contributed by atoms with E-state index < -0.39 is 0 Å². The fraction of sp³-hybridized carbons (Fsp3) is 0.269. The number of nitrogens with zero attached hydrogens (tertiary/aromatic N) is 2. The summed E-state index contributed by atoms with van der Waals surface area (Å²) in [6.45, 7) is 2.48. The Labute approximate surface area is 193 Å². The fourth-order valence-electron chi connectivity index (χ4n) is 4.20. The molecule has 3 aromatic rings. The highest BCUT2D eigenvalue weighted by atomic mass is 35.5. The second-order valence-corrected chi connectivity index (χ2v) is 8.46. The number of amides is 1. The first kappa shape index (κ1) is 22.3. The first-order chi connectivity index (χ1) is 15.5. The predicted molar refractivity (Wildman–Crippen MR) is 126 cm³/mol. The van der Waals surface area contributed by atoms with Crippen LogP contribution in [0.2, 0.25) is 5.02 Å². The van der Waals surface area contributed by atoms with E-state index in [1.807, 2.05) is 41.3 Å². The third-order valence-electron chi connectivity index (χ3n) is 5.86. The van der Waals surface area contributed by atoms with E-state index in [-0.39, 0.29) is 17.8 Å². The average molecular weight is 453 g/mol. The summed E-state index contributed by atoms with van der Waals surface area (Å²) in [6.07, 6.45) is 1.68. The van der Waals surface area contributed by atoms with Crippen molar-refractivity contribution in [2.75, 3.05) is 25.1 Å². The lowest BCUT2D eigenvalue weighted by atomic mass is 10.00. The Morgan fingerprint density at radius 3 is 2.47 bits per heavy atom. The van der Waals surface area contributed by atoms with Crippen LogP contribution in [0.5, 0.6) is 5.75 Å². The van der Waals surface area contributed by atoms with Crippen molar-refractivity contribution >= 4 is 23.2 Å². The van der Waals surface area contributed by atoms with Gasteiger partial charge in [-0.2, -0.15) is 0 Å². The Morgan fingerprint density at radius 1 is 1.06 bits per heavy atom. The number of piperidine rings is 1. The summed E-state index contributed by atoms with van der Waals surface area (Å²) in [7, 11) is 1.62. The molecule has 1 fully saturated rings. The van der Waals surface area contributed by atoms with Crippen molar-refractivity contribution in [2.24, 2.45) is 0 Å². The predicted octanol–water partition coefficient (Wildman–Crippen LogP) is 5.80. The number of likely N-dealkylation sites (tertiary alicyclic amines) is 1. The molecule has 1 aliphatic rings. The van der Waals surface area contributed by atoms with Crippen molar-refractivity contribution in [1.82, 2.24) is 4.90 Å². The molecule has 0 N–H and O–H groups in total. The van der Waals surface area contributed by atoms with Crippen LogP contribution in [0.25, 0.3) is 0 Å². The quantitative estimate of drug-likeness (QED) is 0.474. The summed E-state index contributed by atoms with van der Waals surface area (Å²) in [6, 6.07) is 21.4. The van der Waals surface area contributed by atoms with Gasteiger partial charge in [-0.15, -0.1) is 0 Å². The molecular weight excluding hydrogens is 427 g/mol. The molecule has 0 bridgehead atoms. The number of carbonyl (C=O) groups excluding carboxylic acids is 1. The van der Waals surface area contributed by atoms with E-state index in [0.29, 0.717) is 16.3 Å². The number of rotatable bonds is 6. The van der Waals surface area contributed by atoms with Crippen molar-refractivity contribution < 1.29 is 13.9 Å². The lowest BCUT2D eigenvalue weighted by Crippen LogP contribution is -2.47. The largest absolute Gasteiger partial charge is 0.497 e. The van der Waals surface area contributed by atoms with E-state index in [1.165, 1.54) is 12.1 Å². The molecule has 1 aliphatic heterocycles.